The summed E-state index contributed by atoms with van der Waals surface area (Å²) >= 11 is 6.13. The molecule has 9 heteroatoms. The number of nitrogens with zero attached hydrogens (tertiary/aromatic N) is 5. The van der Waals surface area contributed by atoms with Gasteiger partial charge in [0.05, 0.1) is 11.3 Å². The second kappa shape index (κ2) is 11.5. The third-order valence-corrected chi connectivity index (χ3v) is 8.63. The number of carboxylic acid groups (broad SMARTS) is 1. The van der Waals surface area contributed by atoms with Crippen LogP contribution < -0.4 is 9.80 Å². The Morgan fingerprint density at radius 3 is 2.38 bits per heavy atom. The number of aliphatic carboxylic acids is 1. The van der Waals surface area contributed by atoms with Gasteiger partial charge in [0, 0.05) is 54.8 Å². The highest BCUT2D eigenvalue weighted by Crippen LogP contribution is 2.45. The maximum absolute atomic E-state index is 12.8. The van der Waals surface area contributed by atoms with Crippen LogP contribution in [0.1, 0.15) is 81.6 Å². The van der Waals surface area contributed by atoms with Gasteiger partial charge < -0.3 is 19.6 Å². The molecular formula is C33H42ClN5O3. The second-order valence-electron chi connectivity index (χ2n) is 13.4. The fraction of sp³-hybridized carbons (Fsp3) is 0.515. The molecule has 1 saturated heterocycles. The minimum atomic E-state index is -1.13. The first kappa shape index (κ1) is 30.2. The van der Waals surface area contributed by atoms with Gasteiger partial charge in [0.1, 0.15) is 17.3 Å². The van der Waals surface area contributed by atoms with E-state index in [2.05, 4.69) is 51.8 Å². The first-order valence-corrected chi connectivity index (χ1v) is 15.1. The normalized spacial score (nSPS) is 17.6. The molecule has 1 fully saturated rings. The SMILES string of the molecule is Cc1nc(C)c([C@H](OC(C)(C)C)C(=O)O)c(N2CCC(C)(C)CC2)c1-c1ccc2c(c1)CCN(c1cc(Cl)ncn1)C2. The lowest BCUT2D eigenvalue weighted by Gasteiger charge is -2.41. The fourth-order valence-corrected chi connectivity index (χ4v) is 6.30. The summed E-state index contributed by atoms with van der Waals surface area (Å²) in [5.74, 6) is -0.180. The minimum absolute atomic E-state index is 0.244. The monoisotopic (exact) mass is 591 g/mol. The summed E-state index contributed by atoms with van der Waals surface area (Å²) in [6.45, 7) is 17.5. The van der Waals surface area contributed by atoms with Crippen molar-refractivity contribution in [1.29, 1.82) is 0 Å². The summed E-state index contributed by atoms with van der Waals surface area (Å²) in [5, 5.41) is 10.9. The molecule has 1 aromatic carbocycles. The first-order chi connectivity index (χ1) is 19.7. The number of aryl methyl sites for hydroxylation is 2. The standard InChI is InChI=1S/C33H42ClN5O3/c1-20-27(23-8-9-24-18-39(13-10-22(24)16-23)26-17-25(34)35-19-36-26)29(38-14-11-33(6,7)12-15-38)28(21(2)37-20)30(31(40)41)42-32(3,4)5/h8-9,16-17,19,30H,10-15,18H2,1-7H3,(H,40,41)/t30-/m0/s1. The Balaban J connectivity index is 1.62. The molecule has 4 heterocycles. The van der Waals surface area contributed by atoms with E-state index in [1.807, 2.05) is 34.6 Å². The smallest absolute Gasteiger partial charge is 0.337 e. The van der Waals surface area contributed by atoms with Crippen LogP contribution >= 0.6 is 11.6 Å². The Bertz CT molecular complexity index is 1490. The van der Waals surface area contributed by atoms with Gasteiger partial charge in [-0.2, -0.15) is 0 Å². The number of carboxylic acids is 1. The van der Waals surface area contributed by atoms with Crippen molar-refractivity contribution in [2.24, 2.45) is 5.41 Å². The van der Waals surface area contributed by atoms with Crippen LogP contribution in [-0.2, 0) is 22.5 Å². The molecule has 224 valence electrons. The summed E-state index contributed by atoms with van der Waals surface area (Å²) in [7, 11) is 0. The van der Waals surface area contributed by atoms with Crippen molar-refractivity contribution < 1.29 is 14.6 Å². The number of pyridine rings is 1. The number of rotatable bonds is 6. The summed E-state index contributed by atoms with van der Waals surface area (Å²) in [6.07, 6.45) is 3.27. The van der Waals surface area contributed by atoms with Crippen LogP contribution in [0.25, 0.3) is 11.1 Å². The number of halogens is 1. The molecule has 0 radical (unpaired) electrons. The van der Waals surface area contributed by atoms with Crippen LogP contribution in [0, 0.1) is 19.3 Å². The average molecular weight is 592 g/mol. The van der Waals surface area contributed by atoms with Crippen LogP contribution in [0.15, 0.2) is 30.6 Å². The second-order valence-corrected chi connectivity index (χ2v) is 13.8. The molecule has 1 N–H and O–H groups in total. The van der Waals surface area contributed by atoms with Gasteiger partial charge >= 0.3 is 5.97 Å². The van der Waals surface area contributed by atoms with Crippen molar-refractivity contribution in [3.8, 4) is 11.1 Å². The van der Waals surface area contributed by atoms with E-state index in [1.165, 1.54) is 17.5 Å². The number of benzene rings is 1. The Kier molecular flexibility index (Phi) is 8.25. The Morgan fingerprint density at radius 2 is 1.74 bits per heavy atom. The topological polar surface area (TPSA) is 91.7 Å². The summed E-state index contributed by atoms with van der Waals surface area (Å²) in [5.41, 5.74) is 7.35. The predicted molar refractivity (Wildman–Crippen MR) is 167 cm³/mol. The quantitative estimate of drug-likeness (QED) is 0.308. The number of hydrogen-bond acceptors (Lipinski definition) is 7. The molecule has 5 rings (SSSR count). The highest BCUT2D eigenvalue weighted by atomic mass is 35.5. The number of aromatic nitrogens is 3. The summed E-state index contributed by atoms with van der Waals surface area (Å²) < 4.78 is 6.23. The Hall–Kier alpha value is -3.23. The van der Waals surface area contributed by atoms with E-state index in [1.54, 1.807) is 6.07 Å². The van der Waals surface area contributed by atoms with Gasteiger partial charge in [-0.15, -0.1) is 0 Å². The van der Waals surface area contributed by atoms with E-state index in [0.29, 0.717) is 16.4 Å². The minimum Gasteiger partial charge on any atom is -0.479 e. The molecule has 2 aliphatic rings. The van der Waals surface area contributed by atoms with E-state index in [-0.39, 0.29) is 5.41 Å². The van der Waals surface area contributed by atoms with E-state index in [9.17, 15) is 9.90 Å². The van der Waals surface area contributed by atoms with E-state index < -0.39 is 17.7 Å². The zero-order chi connectivity index (χ0) is 30.4. The summed E-state index contributed by atoms with van der Waals surface area (Å²) in [4.78, 5) is 30.7. The molecule has 8 nitrogen and oxygen atoms in total. The van der Waals surface area contributed by atoms with Crippen LogP contribution in [-0.4, -0.2) is 51.3 Å². The molecule has 1 atom stereocenters. The number of fused-ring (bicyclic) bond motifs is 1. The highest BCUT2D eigenvalue weighted by molar-refractivity contribution is 6.29. The van der Waals surface area contributed by atoms with Crippen LogP contribution in [0.3, 0.4) is 0 Å². The molecule has 2 aliphatic heterocycles. The van der Waals surface area contributed by atoms with E-state index in [4.69, 9.17) is 21.3 Å². The molecule has 2 aromatic heterocycles. The third kappa shape index (κ3) is 6.40. The van der Waals surface area contributed by atoms with Gasteiger partial charge in [-0.05, 0) is 76.0 Å². The van der Waals surface area contributed by atoms with E-state index >= 15 is 0 Å². The van der Waals surface area contributed by atoms with Crippen molar-refractivity contribution >= 4 is 29.1 Å². The lowest BCUT2D eigenvalue weighted by Crippen LogP contribution is -2.39. The number of piperidine rings is 1. The number of ether oxygens (including phenoxy) is 1. The van der Waals surface area contributed by atoms with Crippen molar-refractivity contribution in [2.45, 2.75) is 86.0 Å². The molecule has 0 spiro atoms. The first-order valence-electron chi connectivity index (χ1n) is 14.7. The molecule has 0 unspecified atom stereocenters. The molecule has 0 bridgehead atoms. The average Bonchev–Trinajstić information content (AvgIpc) is 2.90. The Morgan fingerprint density at radius 1 is 1.02 bits per heavy atom. The van der Waals surface area contributed by atoms with Crippen molar-refractivity contribution in [3.63, 3.8) is 0 Å². The van der Waals surface area contributed by atoms with Gasteiger partial charge in [0.2, 0.25) is 0 Å². The van der Waals surface area contributed by atoms with E-state index in [0.717, 1.165) is 73.8 Å². The maximum Gasteiger partial charge on any atom is 0.337 e. The molecule has 0 saturated carbocycles. The lowest BCUT2D eigenvalue weighted by molar-refractivity contribution is -0.160. The van der Waals surface area contributed by atoms with Gasteiger partial charge in [-0.3, -0.25) is 4.98 Å². The van der Waals surface area contributed by atoms with Gasteiger partial charge in [-0.1, -0.05) is 43.6 Å². The number of carbonyl (C=O) groups is 1. The largest absolute Gasteiger partial charge is 0.479 e. The Labute approximate surface area is 254 Å². The van der Waals surface area contributed by atoms with Crippen LogP contribution in [0.2, 0.25) is 5.15 Å². The van der Waals surface area contributed by atoms with Gasteiger partial charge in [-0.25, -0.2) is 14.8 Å². The third-order valence-electron chi connectivity index (χ3n) is 8.42. The number of anilines is 2. The zero-order valence-electron chi connectivity index (χ0n) is 25.8. The van der Waals surface area contributed by atoms with Crippen molar-refractivity contribution in [1.82, 2.24) is 15.0 Å². The molecule has 42 heavy (non-hydrogen) atoms. The zero-order valence-corrected chi connectivity index (χ0v) is 26.5. The molecule has 0 aliphatic carbocycles. The fourth-order valence-electron chi connectivity index (χ4n) is 6.16. The lowest BCUT2D eigenvalue weighted by atomic mass is 9.81. The molecule has 0 amide bonds. The maximum atomic E-state index is 12.8. The van der Waals surface area contributed by atoms with Crippen LogP contribution in [0.4, 0.5) is 11.5 Å². The highest BCUT2D eigenvalue weighted by Gasteiger charge is 2.36. The number of hydrogen-bond donors (Lipinski definition) is 1. The molecular weight excluding hydrogens is 550 g/mol. The van der Waals surface area contributed by atoms with Gasteiger partial charge in [0.25, 0.3) is 0 Å². The predicted octanol–water partition coefficient (Wildman–Crippen LogP) is 6.94. The summed E-state index contributed by atoms with van der Waals surface area (Å²) in [6, 6.07) is 8.40. The van der Waals surface area contributed by atoms with Crippen molar-refractivity contribution in [2.75, 3.05) is 29.4 Å². The van der Waals surface area contributed by atoms with Gasteiger partial charge in [0.15, 0.2) is 6.10 Å². The molecule has 3 aromatic rings. The van der Waals surface area contributed by atoms with Crippen LogP contribution in [0.5, 0.6) is 0 Å². The van der Waals surface area contributed by atoms with Crippen molar-refractivity contribution in [3.05, 3.63) is 63.8 Å².